The minimum absolute atomic E-state index is 0.0529. The molecule has 9 heteroatoms. The summed E-state index contributed by atoms with van der Waals surface area (Å²) in [5.41, 5.74) is 0.779. The average molecular weight is 483 g/mol. The van der Waals surface area contributed by atoms with Crippen LogP contribution in [-0.2, 0) is 33.3 Å². The van der Waals surface area contributed by atoms with Crippen LogP contribution in [0, 0.1) is 5.92 Å². The lowest BCUT2D eigenvalue weighted by Crippen LogP contribution is -2.67. The van der Waals surface area contributed by atoms with E-state index in [1.165, 1.54) is 39.0 Å². The van der Waals surface area contributed by atoms with Crippen molar-refractivity contribution in [3.05, 3.63) is 34.9 Å². The fourth-order valence-corrected chi connectivity index (χ4v) is 3.06. The summed E-state index contributed by atoms with van der Waals surface area (Å²) in [6, 6.07) is 0. The summed E-state index contributed by atoms with van der Waals surface area (Å²) in [7, 11) is 0. The Labute approximate surface area is 201 Å². The molecule has 0 saturated heterocycles. The van der Waals surface area contributed by atoms with Gasteiger partial charge in [-0.2, -0.15) is 0 Å². The van der Waals surface area contributed by atoms with Gasteiger partial charge in [0, 0.05) is 23.3 Å². The van der Waals surface area contributed by atoms with Gasteiger partial charge in [-0.15, -0.1) is 0 Å². The van der Waals surface area contributed by atoms with Gasteiger partial charge in [0.15, 0.2) is 18.3 Å². The maximum atomic E-state index is 12.5. The fourth-order valence-electron chi connectivity index (χ4n) is 3.06. The number of allylic oxidation sites excluding steroid dienone is 3. The first kappa shape index (κ1) is 29.5. The molecular weight excluding hydrogens is 444 g/mol. The second-order valence-electron chi connectivity index (χ2n) is 8.70. The van der Waals surface area contributed by atoms with Gasteiger partial charge in [-0.3, -0.25) is 0 Å². The zero-order chi connectivity index (χ0) is 26.2. The molecule has 2 N–H and O–H groups in total. The van der Waals surface area contributed by atoms with Crippen molar-refractivity contribution in [1.82, 2.24) is 0 Å². The number of carbonyl (C=O) groups excluding carboxylic acids is 3. The molecular formula is C25H38O9. The summed E-state index contributed by atoms with van der Waals surface area (Å²) < 4.78 is 22.2. The molecule has 34 heavy (non-hydrogen) atoms. The molecule has 0 spiro atoms. The van der Waals surface area contributed by atoms with E-state index >= 15 is 0 Å². The van der Waals surface area contributed by atoms with Crippen LogP contribution in [0.25, 0.3) is 0 Å². The second-order valence-corrected chi connectivity index (χ2v) is 8.70. The van der Waals surface area contributed by atoms with Crippen molar-refractivity contribution in [3.8, 4) is 0 Å². The van der Waals surface area contributed by atoms with Gasteiger partial charge in [0.2, 0.25) is 0 Å². The number of aliphatic hydroxyl groups is 2. The summed E-state index contributed by atoms with van der Waals surface area (Å²) in [6.45, 7) is 13.4. The van der Waals surface area contributed by atoms with Crippen LogP contribution in [0.5, 0.6) is 0 Å². The van der Waals surface area contributed by atoms with Gasteiger partial charge in [0.25, 0.3) is 0 Å². The monoisotopic (exact) mass is 482 g/mol. The number of ether oxygens (including phenoxy) is 4. The highest BCUT2D eigenvalue weighted by Gasteiger charge is 2.56. The molecule has 0 aromatic heterocycles. The standard InChI is InChI=1S/C25H38O9/c1-9-14(6)23(28)32-20-18(27)22(34-25(30)16(8)11-3)21(33-24(29)15(7)10-2)17(26)19(20)31-12-13(4)5/h9-11,13,17-22,26-27H,12H2,1-8H3/b14-9-,15-10-,16-11-/t17-,18-,19+,20-,21+,22+/m1/s1. The van der Waals surface area contributed by atoms with Crippen molar-refractivity contribution in [3.63, 3.8) is 0 Å². The van der Waals surface area contributed by atoms with Crippen LogP contribution >= 0.6 is 0 Å². The molecule has 9 nitrogen and oxygen atoms in total. The van der Waals surface area contributed by atoms with Gasteiger partial charge < -0.3 is 29.2 Å². The van der Waals surface area contributed by atoms with Crippen molar-refractivity contribution in [2.75, 3.05) is 6.61 Å². The minimum atomic E-state index is -1.65. The molecule has 0 amide bonds. The molecule has 0 radical (unpaired) electrons. The Kier molecular flexibility index (Phi) is 11.7. The molecule has 0 bridgehead atoms. The van der Waals surface area contributed by atoms with E-state index in [1.54, 1.807) is 20.8 Å². The molecule has 0 unspecified atom stereocenters. The second kappa shape index (κ2) is 13.4. The highest BCUT2D eigenvalue weighted by molar-refractivity contribution is 5.89. The molecule has 1 aliphatic carbocycles. The van der Waals surface area contributed by atoms with E-state index in [9.17, 15) is 24.6 Å². The van der Waals surface area contributed by atoms with Crippen LogP contribution in [0.1, 0.15) is 55.4 Å². The SMILES string of the molecule is C/C=C(/C)C(=O)O[C@@H]1[C@@H](O)[C@H](OC(=O)/C(C)=C\C)[C@@H](OC(=O)/C(C)=C\C)[C@H](O)[C@@H]1OCC(C)C. The van der Waals surface area contributed by atoms with Crippen molar-refractivity contribution in [2.24, 2.45) is 5.92 Å². The third-order valence-electron chi connectivity index (χ3n) is 5.61. The van der Waals surface area contributed by atoms with Crippen molar-refractivity contribution >= 4 is 17.9 Å². The van der Waals surface area contributed by atoms with Crippen LogP contribution in [0.3, 0.4) is 0 Å². The number of hydrogen-bond donors (Lipinski definition) is 2. The molecule has 0 aromatic carbocycles. The highest BCUT2D eigenvalue weighted by atomic mass is 16.6. The van der Waals surface area contributed by atoms with E-state index in [4.69, 9.17) is 18.9 Å². The maximum absolute atomic E-state index is 12.5. The normalized spacial score (nSPS) is 28.5. The lowest BCUT2D eigenvalue weighted by molar-refractivity contribution is -0.253. The summed E-state index contributed by atoms with van der Waals surface area (Å²) in [4.78, 5) is 37.5. The zero-order valence-corrected chi connectivity index (χ0v) is 21.2. The summed E-state index contributed by atoms with van der Waals surface area (Å²) in [6.07, 6.45) is -4.26. The van der Waals surface area contributed by atoms with Crippen LogP contribution in [0.4, 0.5) is 0 Å². The number of hydrogen-bond acceptors (Lipinski definition) is 9. The molecule has 0 aromatic rings. The zero-order valence-electron chi connectivity index (χ0n) is 21.2. The van der Waals surface area contributed by atoms with Gasteiger partial charge in [0.1, 0.15) is 18.3 Å². The highest BCUT2D eigenvalue weighted by Crippen LogP contribution is 2.32. The summed E-state index contributed by atoms with van der Waals surface area (Å²) in [5, 5.41) is 22.4. The van der Waals surface area contributed by atoms with E-state index in [2.05, 4.69) is 0 Å². The van der Waals surface area contributed by atoms with Crippen LogP contribution in [-0.4, -0.2) is 71.4 Å². The van der Waals surface area contributed by atoms with Gasteiger partial charge in [0.05, 0.1) is 0 Å². The van der Waals surface area contributed by atoms with Crippen molar-refractivity contribution in [2.45, 2.75) is 92.0 Å². The predicted octanol–water partition coefficient (Wildman–Crippen LogP) is 2.40. The van der Waals surface area contributed by atoms with Crippen LogP contribution in [0.2, 0.25) is 0 Å². The van der Waals surface area contributed by atoms with E-state index < -0.39 is 54.5 Å². The molecule has 0 heterocycles. The van der Waals surface area contributed by atoms with E-state index in [1.807, 2.05) is 13.8 Å². The third-order valence-corrected chi connectivity index (χ3v) is 5.61. The summed E-state index contributed by atoms with van der Waals surface area (Å²) >= 11 is 0. The lowest BCUT2D eigenvalue weighted by atomic mass is 9.84. The average Bonchev–Trinajstić information content (AvgIpc) is 2.81. The third kappa shape index (κ3) is 7.51. The molecule has 1 aliphatic rings. The Balaban J connectivity index is 3.47. The molecule has 0 aliphatic heterocycles. The first-order valence-electron chi connectivity index (χ1n) is 11.4. The number of carbonyl (C=O) groups is 3. The Hall–Kier alpha value is -2.49. The first-order valence-corrected chi connectivity index (χ1v) is 11.4. The number of aliphatic hydroxyl groups excluding tert-OH is 2. The van der Waals surface area contributed by atoms with Crippen molar-refractivity contribution in [1.29, 1.82) is 0 Å². The van der Waals surface area contributed by atoms with Crippen LogP contribution < -0.4 is 0 Å². The Bertz CT molecular complexity index is 824. The Morgan fingerprint density at radius 1 is 0.676 bits per heavy atom. The van der Waals surface area contributed by atoms with Crippen LogP contribution in [0.15, 0.2) is 34.9 Å². The number of rotatable bonds is 9. The summed E-state index contributed by atoms with van der Waals surface area (Å²) in [5.74, 6) is -2.21. The quantitative estimate of drug-likeness (QED) is 0.289. The minimum Gasteiger partial charge on any atom is -0.453 e. The first-order chi connectivity index (χ1) is 15.9. The lowest BCUT2D eigenvalue weighted by Gasteiger charge is -2.45. The predicted molar refractivity (Wildman–Crippen MR) is 125 cm³/mol. The van der Waals surface area contributed by atoms with Gasteiger partial charge in [-0.05, 0) is 47.5 Å². The molecule has 1 saturated carbocycles. The Morgan fingerprint density at radius 2 is 0.971 bits per heavy atom. The van der Waals surface area contributed by atoms with Gasteiger partial charge >= 0.3 is 17.9 Å². The largest absolute Gasteiger partial charge is 0.453 e. The number of esters is 3. The van der Waals surface area contributed by atoms with Crippen molar-refractivity contribution < 1.29 is 43.5 Å². The topological polar surface area (TPSA) is 129 Å². The smallest absolute Gasteiger partial charge is 0.333 e. The van der Waals surface area contributed by atoms with E-state index in [0.717, 1.165) is 0 Å². The van der Waals surface area contributed by atoms with Gasteiger partial charge in [-0.25, -0.2) is 14.4 Å². The maximum Gasteiger partial charge on any atom is 0.333 e. The fraction of sp³-hybridized carbons (Fsp3) is 0.640. The molecule has 6 atom stereocenters. The molecule has 192 valence electrons. The Morgan fingerprint density at radius 3 is 1.26 bits per heavy atom. The van der Waals surface area contributed by atoms with E-state index in [0.29, 0.717) is 0 Å². The molecule has 1 fully saturated rings. The van der Waals surface area contributed by atoms with Gasteiger partial charge in [-0.1, -0.05) is 32.1 Å². The molecule has 1 rings (SSSR count). The van der Waals surface area contributed by atoms with E-state index in [-0.39, 0.29) is 29.2 Å².